The van der Waals surface area contributed by atoms with Gasteiger partial charge in [-0.2, -0.15) is 0 Å². The van der Waals surface area contributed by atoms with Gasteiger partial charge in [-0.3, -0.25) is 0 Å². The van der Waals surface area contributed by atoms with Crippen LogP contribution in [-0.2, 0) is 11.3 Å². The second-order valence-electron chi connectivity index (χ2n) is 4.58. The third kappa shape index (κ3) is 4.02. The Hall–Kier alpha value is -1.06. The predicted molar refractivity (Wildman–Crippen MR) is 68.2 cm³/mol. The van der Waals surface area contributed by atoms with Crippen molar-refractivity contribution in [2.75, 3.05) is 26.8 Å². The molecule has 1 aromatic rings. The van der Waals surface area contributed by atoms with Gasteiger partial charge in [-0.1, -0.05) is 12.1 Å². The minimum absolute atomic E-state index is 0.682. The molecule has 3 nitrogen and oxygen atoms in total. The molecule has 1 heterocycles. The molecule has 94 valence electrons. The van der Waals surface area contributed by atoms with E-state index in [0.29, 0.717) is 12.5 Å². The van der Waals surface area contributed by atoms with Crippen molar-refractivity contribution in [3.63, 3.8) is 0 Å². The van der Waals surface area contributed by atoms with Crippen molar-refractivity contribution in [2.24, 2.45) is 5.92 Å². The molecule has 1 saturated heterocycles. The maximum Gasteiger partial charge on any atom is 0.118 e. The van der Waals surface area contributed by atoms with Crippen molar-refractivity contribution in [1.29, 1.82) is 0 Å². The summed E-state index contributed by atoms with van der Waals surface area (Å²) in [4.78, 5) is 0. The van der Waals surface area contributed by atoms with Crippen LogP contribution < -0.4 is 10.1 Å². The van der Waals surface area contributed by atoms with Gasteiger partial charge in [-0.05, 0) is 43.0 Å². The Morgan fingerprint density at radius 2 is 2.12 bits per heavy atom. The van der Waals surface area contributed by atoms with Crippen molar-refractivity contribution < 1.29 is 9.47 Å². The smallest absolute Gasteiger partial charge is 0.118 e. The quantitative estimate of drug-likeness (QED) is 0.848. The highest BCUT2D eigenvalue weighted by molar-refractivity contribution is 5.26. The Balaban J connectivity index is 1.69. The summed E-state index contributed by atoms with van der Waals surface area (Å²) in [6, 6.07) is 8.05. The first-order valence-corrected chi connectivity index (χ1v) is 6.30. The molecular weight excluding hydrogens is 214 g/mol. The van der Waals surface area contributed by atoms with Gasteiger partial charge >= 0.3 is 0 Å². The molecule has 0 aliphatic carbocycles. The highest BCUT2D eigenvalue weighted by atomic mass is 16.5. The molecule has 3 heteroatoms. The van der Waals surface area contributed by atoms with Gasteiger partial charge in [0.25, 0.3) is 0 Å². The highest BCUT2D eigenvalue weighted by Gasteiger charge is 2.12. The summed E-state index contributed by atoms with van der Waals surface area (Å²) in [5, 5.41) is 3.40. The third-order valence-corrected chi connectivity index (χ3v) is 3.18. The molecule has 0 aromatic heterocycles. The van der Waals surface area contributed by atoms with Crippen LogP contribution in [0.25, 0.3) is 0 Å². The van der Waals surface area contributed by atoms with Crippen LogP contribution in [0, 0.1) is 5.92 Å². The number of nitrogens with one attached hydrogen (secondary N) is 1. The zero-order chi connectivity index (χ0) is 11.9. The molecule has 1 aliphatic heterocycles. The molecule has 2 rings (SSSR count). The van der Waals surface area contributed by atoms with E-state index in [1.54, 1.807) is 7.11 Å². The average Bonchev–Trinajstić information content (AvgIpc) is 2.41. The Bertz CT molecular complexity index is 317. The molecule has 1 atom stereocenters. The number of piperidine rings is 1. The molecule has 17 heavy (non-hydrogen) atoms. The summed E-state index contributed by atoms with van der Waals surface area (Å²) >= 11 is 0. The molecule has 0 amide bonds. The van der Waals surface area contributed by atoms with Crippen molar-refractivity contribution in [3.05, 3.63) is 29.8 Å². The lowest BCUT2D eigenvalue weighted by atomic mass is 10.0. The minimum atomic E-state index is 0.682. The molecular formula is C14H21NO2. The van der Waals surface area contributed by atoms with Crippen molar-refractivity contribution in [1.82, 2.24) is 5.32 Å². The van der Waals surface area contributed by atoms with Crippen molar-refractivity contribution in [2.45, 2.75) is 19.4 Å². The summed E-state index contributed by atoms with van der Waals surface area (Å²) in [5.74, 6) is 1.58. The first kappa shape index (κ1) is 12.4. The SMILES string of the molecule is COc1ccc(COCC2CCCNC2)cc1. The van der Waals surface area contributed by atoms with Crippen LogP contribution in [0.2, 0.25) is 0 Å². The van der Waals surface area contributed by atoms with Crippen LogP contribution in [0.3, 0.4) is 0 Å². The molecule has 0 saturated carbocycles. The zero-order valence-corrected chi connectivity index (χ0v) is 10.4. The average molecular weight is 235 g/mol. The van der Waals surface area contributed by atoms with E-state index in [9.17, 15) is 0 Å². The number of methoxy groups -OCH3 is 1. The van der Waals surface area contributed by atoms with E-state index >= 15 is 0 Å². The fourth-order valence-electron chi connectivity index (χ4n) is 2.13. The van der Waals surface area contributed by atoms with Gasteiger partial charge in [0.1, 0.15) is 5.75 Å². The van der Waals surface area contributed by atoms with Gasteiger partial charge in [0, 0.05) is 6.54 Å². The Labute approximate surface area is 103 Å². The van der Waals surface area contributed by atoms with E-state index in [0.717, 1.165) is 25.4 Å². The van der Waals surface area contributed by atoms with Crippen LogP contribution in [0.5, 0.6) is 5.75 Å². The fourth-order valence-corrected chi connectivity index (χ4v) is 2.13. The molecule has 0 radical (unpaired) electrons. The number of benzene rings is 1. The topological polar surface area (TPSA) is 30.5 Å². The highest BCUT2D eigenvalue weighted by Crippen LogP contribution is 2.14. The monoisotopic (exact) mass is 235 g/mol. The van der Waals surface area contributed by atoms with Crippen molar-refractivity contribution in [3.8, 4) is 5.75 Å². The van der Waals surface area contributed by atoms with Gasteiger partial charge in [-0.25, -0.2) is 0 Å². The Morgan fingerprint density at radius 1 is 1.29 bits per heavy atom. The lowest BCUT2D eigenvalue weighted by molar-refractivity contribution is 0.0783. The maximum absolute atomic E-state index is 5.75. The molecule has 1 N–H and O–H groups in total. The first-order valence-electron chi connectivity index (χ1n) is 6.30. The fraction of sp³-hybridized carbons (Fsp3) is 0.571. The van der Waals surface area contributed by atoms with E-state index in [4.69, 9.17) is 9.47 Å². The van der Waals surface area contributed by atoms with Crippen LogP contribution >= 0.6 is 0 Å². The largest absolute Gasteiger partial charge is 0.497 e. The van der Waals surface area contributed by atoms with E-state index in [2.05, 4.69) is 17.4 Å². The molecule has 0 bridgehead atoms. The number of hydrogen-bond donors (Lipinski definition) is 1. The van der Waals surface area contributed by atoms with E-state index in [1.165, 1.54) is 18.4 Å². The lowest BCUT2D eigenvalue weighted by Gasteiger charge is -2.22. The molecule has 1 aliphatic rings. The van der Waals surface area contributed by atoms with Gasteiger partial charge in [0.05, 0.1) is 20.3 Å². The molecule has 1 aromatic carbocycles. The molecule has 0 spiro atoms. The van der Waals surface area contributed by atoms with E-state index in [-0.39, 0.29) is 0 Å². The van der Waals surface area contributed by atoms with Gasteiger partial charge in [0.2, 0.25) is 0 Å². The van der Waals surface area contributed by atoms with Crippen LogP contribution in [-0.4, -0.2) is 26.8 Å². The first-order chi connectivity index (χ1) is 8.38. The standard InChI is InChI=1S/C14H21NO2/c1-16-14-6-4-12(5-7-14)10-17-11-13-3-2-8-15-9-13/h4-7,13,15H,2-3,8-11H2,1H3. The van der Waals surface area contributed by atoms with Gasteiger partial charge in [0.15, 0.2) is 0 Å². The third-order valence-electron chi connectivity index (χ3n) is 3.18. The number of rotatable bonds is 5. The molecule has 1 fully saturated rings. The van der Waals surface area contributed by atoms with Crippen LogP contribution in [0.15, 0.2) is 24.3 Å². The normalized spacial score (nSPS) is 20.2. The molecule has 1 unspecified atom stereocenters. The maximum atomic E-state index is 5.75. The number of ether oxygens (including phenoxy) is 2. The van der Waals surface area contributed by atoms with Crippen LogP contribution in [0.1, 0.15) is 18.4 Å². The Morgan fingerprint density at radius 3 is 2.76 bits per heavy atom. The van der Waals surface area contributed by atoms with Gasteiger partial charge < -0.3 is 14.8 Å². The van der Waals surface area contributed by atoms with E-state index < -0.39 is 0 Å². The zero-order valence-electron chi connectivity index (χ0n) is 10.4. The predicted octanol–water partition coefficient (Wildman–Crippen LogP) is 2.21. The minimum Gasteiger partial charge on any atom is -0.497 e. The number of hydrogen-bond acceptors (Lipinski definition) is 3. The second-order valence-corrected chi connectivity index (χ2v) is 4.58. The van der Waals surface area contributed by atoms with E-state index in [1.807, 2.05) is 12.1 Å². The Kier molecular flexibility index (Phi) is 4.83. The summed E-state index contributed by atoms with van der Waals surface area (Å²) in [7, 11) is 1.68. The van der Waals surface area contributed by atoms with Crippen molar-refractivity contribution >= 4 is 0 Å². The van der Waals surface area contributed by atoms with Crippen LogP contribution in [0.4, 0.5) is 0 Å². The summed E-state index contributed by atoms with van der Waals surface area (Å²) in [6.07, 6.45) is 2.56. The second kappa shape index (κ2) is 6.62. The summed E-state index contributed by atoms with van der Waals surface area (Å²) < 4.78 is 10.9. The summed E-state index contributed by atoms with van der Waals surface area (Å²) in [6.45, 7) is 3.82. The lowest BCUT2D eigenvalue weighted by Crippen LogP contribution is -2.32. The summed E-state index contributed by atoms with van der Waals surface area (Å²) in [5.41, 5.74) is 1.20. The van der Waals surface area contributed by atoms with Gasteiger partial charge in [-0.15, -0.1) is 0 Å².